The monoisotopic (exact) mass is 333 g/mol. The molecule has 5 heteroatoms. The van der Waals surface area contributed by atoms with Gasteiger partial charge in [-0.15, -0.1) is 0 Å². The number of carboxylic acid groups (broad SMARTS) is 1. The van der Waals surface area contributed by atoms with Gasteiger partial charge in [0.1, 0.15) is 6.54 Å². The topological polar surface area (TPSA) is 74.7 Å². The summed E-state index contributed by atoms with van der Waals surface area (Å²) in [6.45, 7) is -0.559. The van der Waals surface area contributed by atoms with Crippen LogP contribution in [0.3, 0.4) is 0 Å². The van der Waals surface area contributed by atoms with Crippen LogP contribution in [0.4, 0.5) is 0 Å². The van der Waals surface area contributed by atoms with Crippen molar-refractivity contribution in [3.63, 3.8) is 0 Å². The fourth-order valence-electron chi connectivity index (χ4n) is 5.03. The van der Waals surface area contributed by atoms with Gasteiger partial charge < -0.3 is 5.11 Å². The predicted molar refractivity (Wildman–Crippen MR) is 87.9 cm³/mol. The van der Waals surface area contributed by atoms with E-state index in [0.717, 1.165) is 27.2 Å². The molecule has 2 unspecified atom stereocenters. The summed E-state index contributed by atoms with van der Waals surface area (Å²) in [6.07, 6.45) is 0. The molecular formula is C20H15NO4. The smallest absolute Gasteiger partial charge is 0.323 e. The molecule has 1 aliphatic heterocycles. The van der Waals surface area contributed by atoms with Gasteiger partial charge in [0, 0.05) is 11.8 Å². The zero-order valence-corrected chi connectivity index (χ0v) is 13.3. The number of carboxylic acids is 1. The molecule has 124 valence electrons. The first kappa shape index (κ1) is 14.4. The van der Waals surface area contributed by atoms with Gasteiger partial charge in [0.2, 0.25) is 11.8 Å². The molecular weight excluding hydrogens is 318 g/mol. The van der Waals surface area contributed by atoms with E-state index in [1.807, 2.05) is 48.5 Å². The number of likely N-dealkylation sites (tertiary alicyclic amines) is 1. The van der Waals surface area contributed by atoms with Crippen molar-refractivity contribution in [2.75, 3.05) is 6.54 Å². The molecule has 4 aliphatic rings. The van der Waals surface area contributed by atoms with E-state index in [1.54, 1.807) is 0 Å². The summed E-state index contributed by atoms with van der Waals surface area (Å²) in [5.74, 6) is -3.23. The molecule has 2 amide bonds. The molecule has 2 bridgehead atoms. The minimum Gasteiger partial charge on any atom is -0.480 e. The quantitative estimate of drug-likeness (QED) is 0.853. The maximum Gasteiger partial charge on any atom is 0.323 e. The number of nitrogens with zero attached hydrogens (tertiary/aromatic N) is 1. The Kier molecular flexibility index (Phi) is 2.76. The third-order valence-corrected chi connectivity index (χ3v) is 5.83. The number of carbonyl (C=O) groups excluding carboxylic acids is 2. The summed E-state index contributed by atoms with van der Waals surface area (Å²) in [6, 6.07) is 15.9. The van der Waals surface area contributed by atoms with Gasteiger partial charge in [-0.1, -0.05) is 48.5 Å². The summed E-state index contributed by atoms with van der Waals surface area (Å²) in [5.41, 5.74) is 4.35. The number of rotatable bonds is 2. The summed E-state index contributed by atoms with van der Waals surface area (Å²) in [4.78, 5) is 37.9. The predicted octanol–water partition coefficient (Wildman–Crippen LogP) is 1.96. The molecule has 3 aliphatic carbocycles. The van der Waals surface area contributed by atoms with Crippen LogP contribution in [0.5, 0.6) is 0 Å². The maximum atomic E-state index is 12.9. The highest BCUT2D eigenvalue weighted by Gasteiger charge is 2.61. The minimum absolute atomic E-state index is 0.183. The van der Waals surface area contributed by atoms with Crippen LogP contribution in [-0.4, -0.2) is 34.3 Å². The van der Waals surface area contributed by atoms with Crippen molar-refractivity contribution in [1.82, 2.24) is 4.90 Å². The fourth-order valence-corrected chi connectivity index (χ4v) is 5.03. The largest absolute Gasteiger partial charge is 0.480 e. The highest BCUT2D eigenvalue weighted by atomic mass is 16.4. The highest BCUT2D eigenvalue weighted by molar-refractivity contribution is 6.09. The Morgan fingerprint density at radius 3 is 1.48 bits per heavy atom. The molecule has 0 aromatic heterocycles. The normalized spacial score (nSPS) is 28.6. The first-order valence-corrected chi connectivity index (χ1v) is 8.34. The fraction of sp³-hybridized carbons (Fsp3) is 0.250. The maximum absolute atomic E-state index is 12.9. The molecule has 5 nitrogen and oxygen atoms in total. The molecule has 1 fully saturated rings. The second-order valence-corrected chi connectivity index (χ2v) is 6.92. The van der Waals surface area contributed by atoms with Gasteiger partial charge >= 0.3 is 5.97 Å². The number of imide groups is 1. The number of carbonyl (C=O) groups is 3. The van der Waals surface area contributed by atoms with Crippen LogP contribution >= 0.6 is 0 Å². The Labute approximate surface area is 143 Å². The standard InChI is InChI=1S/C20H15NO4/c22-14(23)9-21-19(24)17-15-10-5-1-2-6-11(10)16(18(17)20(21)25)13-8-4-3-7-12(13)15/h1-8,15-18H,9H2,(H,22,23). The van der Waals surface area contributed by atoms with Gasteiger partial charge in [-0.05, 0) is 22.3 Å². The molecule has 2 atom stereocenters. The second kappa shape index (κ2) is 4.79. The number of hydrogen-bond donors (Lipinski definition) is 1. The summed E-state index contributed by atoms with van der Waals surface area (Å²) >= 11 is 0. The van der Waals surface area contributed by atoms with Crippen molar-refractivity contribution < 1.29 is 19.5 Å². The van der Waals surface area contributed by atoms with E-state index >= 15 is 0 Å². The summed E-state index contributed by atoms with van der Waals surface area (Å²) < 4.78 is 0. The molecule has 2 aromatic rings. The van der Waals surface area contributed by atoms with Gasteiger partial charge in [-0.3, -0.25) is 19.3 Å². The Morgan fingerprint density at radius 1 is 0.800 bits per heavy atom. The Balaban J connectivity index is 1.74. The van der Waals surface area contributed by atoms with Crippen molar-refractivity contribution in [3.8, 4) is 0 Å². The van der Waals surface area contributed by atoms with Gasteiger partial charge in [0.15, 0.2) is 0 Å². The van der Waals surface area contributed by atoms with E-state index in [2.05, 4.69) is 0 Å². The first-order chi connectivity index (χ1) is 12.1. The molecule has 0 saturated carbocycles. The molecule has 0 radical (unpaired) electrons. The van der Waals surface area contributed by atoms with E-state index in [9.17, 15) is 14.4 Å². The van der Waals surface area contributed by atoms with Crippen LogP contribution in [0.25, 0.3) is 0 Å². The molecule has 2 aromatic carbocycles. The Hall–Kier alpha value is -2.95. The van der Waals surface area contributed by atoms with Gasteiger partial charge in [0.25, 0.3) is 0 Å². The van der Waals surface area contributed by atoms with E-state index in [4.69, 9.17) is 5.11 Å². The SMILES string of the molecule is O=C(O)CN1C(=O)C2C3c4ccccc4C(c4ccccc43)C2C1=O. The zero-order valence-electron chi connectivity index (χ0n) is 13.3. The van der Waals surface area contributed by atoms with E-state index in [-0.39, 0.29) is 23.7 Å². The Morgan fingerprint density at radius 2 is 1.16 bits per heavy atom. The van der Waals surface area contributed by atoms with Crippen LogP contribution < -0.4 is 0 Å². The van der Waals surface area contributed by atoms with E-state index < -0.39 is 24.3 Å². The van der Waals surface area contributed by atoms with Gasteiger partial charge in [-0.25, -0.2) is 0 Å². The highest BCUT2D eigenvalue weighted by Crippen LogP contribution is 2.60. The van der Waals surface area contributed by atoms with Crippen molar-refractivity contribution >= 4 is 17.8 Å². The lowest BCUT2D eigenvalue weighted by molar-refractivity contribution is -0.149. The van der Waals surface area contributed by atoms with E-state index in [0.29, 0.717) is 0 Å². The van der Waals surface area contributed by atoms with Crippen LogP contribution in [0, 0.1) is 11.8 Å². The van der Waals surface area contributed by atoms with Crippen molar-refractivity contribution in [3.05, 3.63) is 70.8 Å². The molecule has 1 heterocycles. The Bertz CT molecular complexity index is 835. The number of amides is 2. The lowest BCUT2D eigenvalue weighted by atomic mass is 9.55. The van der Waals surface area contributed by atoms with Crippen molar-refractivity contribution in [1.29, 1.82) is 0 Å². The van der Waals surface area contributed by atoms with Crippen LogP contribution in [0.1, 0.15) is 34.1 Å². The molecule has 0 spiro atoms. The first-order valence-electron chi connectivity index (χ1n) is 8.34. The number of aliphatic carboxylic acids is 1. The zero-order chi connectivity index (χ0) is 17.3. The van der Waals surface area contributed by atoms with Crippen molar-refractivity contribution in [2.45, 2.75) is 11.8 Å². The third kappa shape index (κ3) is 1.70. The average molecular weight is 333 g/mol. The van der Waals surface area contributed by atoms with Crippen molar-refractivity contribution in [2.24, 2.45) is 11.8 Å². The summed E-state index contributed by atoms with van der Waals surface area (Å²) in [5, 5.41) is 9.09. The molecule has 25 heavy (non-hydrogen) atoms. The molecule has 1 saturated heterocycles. The molecule has 1 N–H and O–H groups in total. The third-order valence-electron chi connectivity index (χ3n) is 5.83. The van der Waals surface area contributed by atoms with Crippen LogP contribution in [0.15, 0.2) is 48.5 Å². The van der Waals surface area contributed by atoms with Crippen LogP contribution in [-0.2, 0) is 14.4 Å². The summed E-state index contributed by atoms with van der Waals surface area (Å²) in [7, 11) is 0. The lowest BCUT2D eigenvalue weighted by Crippen LogP contribution is -2.41. The van der Waals surface area contributed by atoms with Gasteiger partial charge in [-0.2, -0.15) is 0 Å². The number of benzene rings is 2. The second-order valence-electron chi connectivity index (χ2n) is 6.92. The lowest BCUT2D eigenvalue weighted by Gasteiger charge is -2.45. The minimum atomic E-state index is -1.16. The molecule has 6 rings (SSSR count). The number of hydrogen-bond acceptors (Lipinski definition) is 3. The van der Waals surface area contributed by atoms with Gasteiger partial charge in [0.05, 0.1) is 11.8 Å². The average Bonchev–Trinajstić information content (AvgIpc) is 2.87. The van der Waals surface area contributed by atoms with E-state index in [1.165, 1.54) is 0 Å². The van der Waals surface area contributed by atoms with Crippen LogP contribution in [0.2, 0.25) is 0 Å².